The van der Waals surface area contributed by atoms with E-state index in [0.717, 1.165) is 42.0 Å². The third-order valence-electron chi connectivity index (χ3n) is 5.31. The highest BCUT2D eigenvalue weighted by atomic mass is 16.5. The Labute approximate surface area is 172 Å². The molecule has 2 aromatic rings. The third kappa shape index (κ3) is 5.03. The molecule has 7 nitrogen and oxygen atoms in total. The van der Waals surface area contributed by atoms with Crippen LogP contribution >= 0.6 is 0 Å². The summed E-state index contributed by atoms with van der Waals surface area (Å²) in [5.41, 5.74) is 2.82. The van der Waals surface area contributed by atoms with Crippen LogP contribution in [0.15, 0.2) is 24.4 Å². The number of benzene rings is 1. The molecule has 1 unspecified atom stereocenters. The fourth-order valence-corrected chi connectivity index (χ4v) is 3.85. The Kier molecular flexibility index (Phi) is 7.04. The molecule has 3 rings (SSSR count). The maximum atomic E-state index is 13.1. The second-order valence-corrected chi connectivity index (χ2v) is 7.29. The lowest BCUT2D eigenvalue weighted by atomic mass is 9.91. The van der Waals surface area contributed by atoms with Gasteiger partial charge in [-0.2, -0.15) is 0 Å². The molecule has 2 heterocycles. The van der Waals surface area contributed by atoms with Gasteiger partial charge in [0.05, 0.1) is 32.9 Å². The molecule has 1 aliphatic rings. The number of methoxy groups -OCH3 is 3. The van der Waals surface area contributed by atoms with E-state index in [1.54, 1.807) is 21.3 Å². The summed E-state index contributed by atoms with van der Waals surface area (Å²) in [5.74, 6) is 2.42. The standard InChI is InChI=1S/C22H29N3O4/c1-15-23-12-18(14-27-2)22(24-15)16-6-5-9-25(13-16)21(26)11-17-10-19(28-3)7-8-20(17)29-4/h7-8,10,12,16H,5-6,9,11,13-14H2,1-4H3. The molecular formula is C22H29N3O4. The molecule has 1 atom stereocenters. The van der Waals surface area contributed by atoms with E-state index < -0.39 is 0 Å². The van der Waals surface area contributed by atoms with Gasteiger partial charge in [-0.15, -0.1) is 0 Å². The first-order valence-electron chi connectivity index (χ1n) is 9.85. The van der Waals surface area contributed by atoms with Crippen molar-refractivity contribution in [3.63, 3.8) is 0 Å². The summed E-state index contributed by atoms with van der Waals surface area (Å²) in [6.45, 7) is 3.77. The molecule has 1 aliphatic heterocycles. The maximum absolute atomic E-state index is 13.1. The van der Waals surface area contributed by atoms with E-state index in [9.17, 15) is 4.79 Å². The summed E-state index contributed by atoms with van der Waals surface area (Å²) in [7, 11) is 4.90. The van der Waals surface area contributed by atoms with Crippen LogP contribution in [0.4, 0.5) is 0 Å². The van der Waals surface area contributed by atoms with E-state index in [4.69, 9.17) is 14.2 Å². The number of piperidine rings is 1. The summed E-state index contributed by atoms with van der Waals surface area (Å²) < 4.78 is 16.0. The van der Waals surface area contributed by atoms with Gasteiger partial charge >= 0.3 is 0 Å². The van der Waals surface area contributed by atoms with Crippen molar-refractivity contribution in [1.82, 2.24) is 14.9 Å². The number of likely N-dealkylation sites (tertiary alicyclic amines) is 1. The summed E-state index contributed by atoms with van der Waals surface area (Å²) in [6.07, 6.45) is 4.06. The van der Waals surface area contributed by atoms with Gasteiger partial charge in [-0.3, -0.25) is 4.79 Å². The Hall–Kier alpha value is -2.67. The zero-order valence-electron chi connectivity index (χ0n) is 17.6. The summed E-state index contributed by atoms with van der Waals surface area (Å²) in [4.78, 5) is 24.0. The monoisotopic (exact) mass is 399 g/mol. The highest BCUT2D eigenvalue weighted by Crippen LogP contribution is 2.30. The largest absolute Gasteiger partial charge is 0.497 e. The van der Waals surface area contributed by atoms with Gasteiger partial charge in [-0.25, -0.2) is 9.97 Å². The van der Waals surface area contributed by atoms with E-state index >= 15 is 0 Å². The van der Waals surface area contributed by atoms with Crippen LogP contribution in [0.1, 0.15) is 41.4 Å². The van der Waals surface area contributed by atoms with Gasteiger partial charge in [0, 0.05) is 43.4 Å². The molecule has 0 radical (unpaired) electrons. The van der Waals surface area contributed by atoms with Gasteiger partial charge < -0.3 is 19.1 Å². The van der Waals surface area contributed by atoms with Gasteiger partial charge in [0.25, 0.3) is 0 Å². The number of aromatic nitrogens is 2. The van der Waals surface area contributed by atoms with Gasteiger partial charge in [-0.1, -0.05) is 0 Å². The molecule has 1 amide bonds. The van der Waals surface area contributed by atoms with Crippen LogP contribution in [0.3, 0.4) is 0 Å². The molecule has 0 spiro atoms. The molecule has 1 aromatic carbocycles. The van der Waals surface area contributed by atoms with Crippen LogP contribution < -0.4 is 9.47 Å². The number of carbonyl (C=O) groups is 1. The number of hydrogen-bond acceptors (Lipinski definition) is 6. The molecule has 0 N–H and O–H groups in total. The van der Waals surface area contributed by atoms with Gasteiger partial charge in [-0.05, 0) is 38.0 Å². The molecular weight excluding hydrogens is 370 g/mol. The SMILES string of the molecule is COCc1cnc(C)nc1C1CCCN(C(=O)Cc2cc(OC)ccc2OC)C1. The average Bonchev–Trinajstić information content (AvgIpc) is 2.75. The minimum Gasteiger partial charge on any atom is -0.497 e. The Morgan fingerprint density at radius 1 is 1.21 bits per heavy atom. The van der Waals surface area contributed by atoms with Crippen molar-refractivity contribution in [2.24, 2.45) is 0 Å². The highest BCUT2D eigenvalue weighted by molar-refractivity contribution is 5.80. The van der Waals surface area contributed by atoms with E-state index in [-0.39, 0.29) is 18.2 Å². The van der Waals surface area contributed by atoms with Crippen molar-refractivity contribution in [2.45, 2.75) is 38.7 Å². The predicted octanol–water partition coefficient (Wildman–Crippen LogP) is 2.90. The summed E-state index contributed by atoms with van der Waals surface area (Å²) in [6, 6.07) is 5.53. The number of carbonyl (C=O) groups excluding carboxylic acids is 1. The lowest BCUT2D eigenvalue weighted by Crippen LogP contribution is -2.40. The van der Waals surface area contributed by atoms with Gasteiger partial charge in [0.1, 0.15) is 17.3 Å². The van der Waals surface area contributed by atoms with Crippen molar-refractivity contribution in [3.8, 4) is 11.5 Å². The minimum absolute atomic E-state index is 0.0836. The number of hydrogen-bond donors (Lipinski definition) is 0. The topological polar surface area (TPSA) is 73.8 Å². The Bertz CT molecular complexity index is 856. The van der Waals surface area contributed by atoms with E-state index in [0.29, 0.717) is 24.7 Å². The predicted molar refractivity (Wildman–Crippen MR) is 109 cm³/mol. The van der Waals surface area contributed by atoms with Crippen LogP contribution in [0.5, 0.6) is 11.5 Å². The molecule has 29 heavy (non-hydrogen) atoms. The lowest BCUT2D eigenvalue weighted by Gasteiger charge is -2.33. The first kappa shape index (κ1) is 21.0. The highest BCUT2D eigenvalue weighted by Gasteiger charge is 2.28. The molecule has 1 fully saturated rings. The van der Waals surface area contributed by atoms with Crippen LogP contribution in [0.25, 0.3) is 0 Å². The van der Waals surface area contributed by atoms with Crippen molar-refractivity contribution in [1.29, 1.82) is 0 Å². The first-order chi connectivity index (χ1) is 14.0. The summed E-state index contributed by atoms with van der Waals surface area (Å²) in [5, 5.41) is 0. The van der Waals surface area contributed by atoms with E-state index in [2.05, 4.69) is 9.97 Å². The van der Waals surface area contributed by atoms with Crippen molar-refractivity contribution in [2.75, 3.05) is 34.4 Å². The molecule has 1 saturated heterocycles. The lowest BCUT2D eigenvalue weighted by molar-refractivity contribution is -0.131. The minimum atomic E-state index is 0.0836. The Balaban J connectivity index is 1.76. The van der Waals surface area contributed by atoms with E-state index in [1.807, 2.05) is 36.2 Å². The number of amides is 1. The quantitative estimate of drug-likeness (QED) is 0.713. The smallest absolute Gasteiger partial charge is 0.227 e. The van der Waals surface area contributed by atoms with Gasteiger partial charge in [0.2, 0.25) is 5.91 Å². The van der Waals surface area contributed by atoms with Crippen LogP contribution in [-0.4, -0.2) is 55.2 Å². The van der Waals surface area contributed by atoms with Crippen LogP contribution in [-0.2, 0) is 22.6 Å². The molecule has 0 saturated carbocycles. The zero-order valence-corrected chi connectivity index (χ0v) is 17.6. The van der Waals surface area contributed by atoms with Crippen LogP contribution in [0.2, 0.25) is 0 Å². The second-order valence-electron chi connectivity index (χ2n) is 7.29. The van der Waals surface area contributed by atoms with E-state index in [1.165, 1.54) is 0 Å². The fraction of sp³-hybridized carbons (Fsp3) is 0.500. The van der Waals surface area contributed by atoms with Crippen LogP contribution in [0, 0.1) is 6.92 Å². The molecule has 7 heteroatoms. The average molecular weight is 399 g/mol. The zero-order chi connectivity index (χ0) is 20.8. The number of rotatable bonds is 7. The first-order valence-corrected chi connectivity index (χ1v) is 9.85. The molecule has 0 bridgehead atoms. The molecule has 0 aliphatic carbocycles. The second kappa shape index (κ2) is 9.69. The maximum Gasteiger partial charge on any atom is 0.227 e. The molecule has 156 valence electrons. The number of nitrogens with zero attached hydrogens (tertiary/aromatic N) is 3. The molecule has 1 aromatic heterocycles. The number of ether oxygens (including phenoxy) is 3. The van der Waals surface area contributed by atoms with Crippen molar-refractivity contribution < 1.29 is 19.0 Å². The van der Waals surface area contributed by atoms with Gasteiger partial charge in [0.15, 0.2) is 0 Å². The normalized spacial score (nSPS) is 16.6. The van der Waals surface area contributed by atoms with Crippen molar-refractivity contribution in [3.05, 3.63) is 47.0 Å². The fourth-order valence-electron chi connectivity index (χ4n) is 3.85. The third-order valence-corrected chi connectivity index (χ3v) is 5.31. The Morgan fingerprint density at radius 3 is 2.76 bits per heavy atom. The Morgan fingerprint density at radius 2 is 2.03 bits per heavy atom. The number of aryl methyl sites for hydroxylation is 1. The van der Waals surface area contributed by atoms with Crippen molar-refractivity contribution >= 4 is 5.91 Å². The summed E-state index contributed by atoms with van der Waals surface area (Å²) >= 11 is 0.